The molecule has 0 aromatic carbocycles. The molecule has 2 atom stereocenters. The summed E-state index contributed by atoms with van der Waals surface area (Å²) >= 11 is 0. The lowest BCUT2D eigenvalue weighted by molar-refractivity contribution is -0.0491. The standard InChI is InChI=1S/C14H21NO/c1-2-13-7-3-4-8-14(13,16)10-12-6-5-9-15-11-12/h5-6,9,11,13,16H,2-4,7-8,10H2,1H3. The van der Waals surface area contributed by atoms with Gasteiger partial charge in [-0.3, -0.25) is 4.98 Å². The summed E-state index contributed by atoms with van der Waals surface area (Å²) < 4.78 is 0. The van der Waals surface area contributed by atoms with Gasteiger partial charge in [0, 0.05) is 18.8 Å². The Kier molecular flexibility index (Phi) is 3.59. The predicted octanol–water partition coefficient (Wildman–Crippen LogP) is 2.96. The molecule has 1 saturated carbocycles. The second-order valence-electron chi connectivity index (χ2n) is 4.99. The van der Waals surface area contributed by atoms with E-state index in [0.717, 1.165) is 31.2 Å². The highest BCUT2D eigenvalue weighted by atomic mass is 16.3. The van der Waals surface area contributed by atoms with E-state index < -0.39 is 5.60 Å². The van der Waals surface area contributed by atoms with E-state index in [0.29, 0.717) is 5.92 Å². The quantitative estimate of drug-likeness (QED) is 0.848. The van der Waals surface area contributed by atoms with Gasteiger partial charge in [-0.2, -0.15) is 0 Å². The molecule has 16 heavy (non-hydrogen) atoms. The maximum Gasteiger partial charge on any atom is 0.0716 e. The molecule has 0 amide bonds. The van der Waals surface area contributed by atoms with Gasteiger partial charge in [0.2, 0.25) is 0 Å². The number of pyridine rings is 1. The average Bonchev–Trinajstić information content (AvgIpc) is 2.30. The topological polar surface area (TPSA) is 33.1 Å². The van der Waals surface area contributed by atoms with E-state index in [9.17, 15) is 5.11 Å². The summed E-state index contributed by atoms with van der Waals surface area (Å²) in [7, 11) is 0. The lowest BCUT2D eigenvalue weighted by Crippen LogP contribution is -2.42. The molecule has 0 radical (unpaired) electrons. The molecule has 1 aliphatic carbocycles. The van der Waals surface area contributed by atoms with E-state index in [1.807, 2.05) is 12.3 Å². The van der Waals surface area contributed by atoms with Gasteiger partial charge in [-0.05, 0) is 30.4 Å². The zero-order valence-electron chi connectivity index (χ0n) is 10.0. The number of aliphatic hydroxyl groups is 1. The minimum absolute atomic E-state index is 0.460. The van der Waals surface area contributed by atoms with Gasteiger partial charge >= 0.3 is 0 Å². The molecule has 1 N–H and O–H groups in total. The fraction of sp³-hybridized carbons (Fsp3) is 0.643. The van der Waals surface area contributed by atoms with E-state index in [-0.39, 0.29) is 0 Å². The Balaban J connectivity index is 2.11. The number of hydrogen-bond donors (Lipinski definition) is 1. The lowest BCUT2D eigenvalue weighted by Gasteiger charge is -2.40. The Bertz CT molecular complexity index is 325. The van der Waals surface area contributed by atoms with Gasteiger partial charge in [0.25, 0.3) is 0 Å². The maximum atomic E-state index is 10.8. The minimum Gasteiger partial charge on any atom is -0.389 e. The summed E-state index contributed by atoms with van der Waals surface area (Å²) in [6.07, 6.45) is 10.1. The second kappa shape index (κ2) is 4.96. The van der Waals surface area contributed by atoms with Crippen LogP contribution in [0, 0.1) is 5.92 Å². The first-order valence-electron chi connectivity index (χ1n) is 6.36. The Hall–Kier alpha value is -0.890. The van der Waals surface area contributed by atoms with Crippen molar-refractivity contribution in [1.29, 1.82) is 0 Å². The van der Waals surface area contributed by atoms with Gasteiger partial charge in [-0.15, -0.1) is 0 Å². The van der Waals surface area contributed by atoms with Gasteiger partial charge in [0.1, 0.15) is 0 Å². The summed E-state index contributed by atoms with van der Waals surface area (Å²) in [4.78, 5) is 4.12. The van der Waals surface area contributed by atoms with Crippen LogP contribution < -0.4 is 0 Å². The highest BCUT2D eigenvalue weighted by Crippen LogP contribution is 2.38. The van der Waals surface area contributed by atoms with Crippen LogP contribution in [0.2, 0.25) is 0 Å². The van der Waals surface area contributed by atoms with Crippen LogP contribution in [0.1, 0.15) is 44.6 Å². The number of rotatable bonds is 3. The summed E-state index contributed by atoms with van der Waals surface area (Å²) in [5.74, 6) is 0.460. The van der Waals surface area contributed by atoms with Crippen LogP contribution in [0.4, 0.5) is 0 Å². The average molecular weight is 219 g/mol. The van der Waals surface area contributed by atoms with Crippen LogP contribution in [0.25, 0.3) is 0 Å². The third-order valence-corrected chi connectivity index (χ3v) is 3.90. The normalized spacial score (nSPS) is 30.2. The first-order chi connectivity index (χ1) is 7.74. The molecule has 2 nitrogen and oxygen atoms in total. The predicted molar refractivity (Wildman–Crippen MR) is 65.1 cm³/mol. The summed E-state index contributed by atoms with van der Waals surface area (Å²) in [6.45, 7) is 2.18. The molecule has 1 aromatic rings. The highest BCUT2D eigenvalue weighted by Gasteiger charge is 2.37. The van der Waals surface area contributed by atoms with E-state index >= 15 is 0 Å². The van der Waals surface area contributed by atoms with Crippen molar-refractivity contribution in [2.75, 3.05) is 0 Å². The van der Waals surface area contributed by atoms with Crippen molar-refractivity contribution in [2.24, 2.45) is 5.92 Å². The van der Waals surface area contributed by atoms with Crippen molar-refractivity contribution in [2.45, 2.75) is 51.0 Å². The lowest BCUT2D eigenvalue weighted by atomic mass is 9.71. The first-order valence-corrected chi connectivity index (χ1v) is 6.36. The zero-order chi connectivity index (χ0) is 11.4. The Morgan fingerprint density at radius 3 is 3.06 bits per heavy atom. The molecule has 2 heteroatoms. The van der Waals surface area contributed by atoms with Crippen LogP contribution in [-0.2, 0) is 6.42 Å². The summed E-state index contributed by atoms with van der Waals surface area (Å²) in [5.41, 5.74) is 0.668. The smallest absolute Gasteiger partial charge is 0.0716 e. The van der Waals surface area contributed by atoms with Gasteiger partial charge in [-0.25, -0.2) is 0 Å². The molecule has 1 heterocycles. The van der Waals surface area contributed by atoms with Gasteiger partial charge in [0.15, 0.2) is 0 Å². The van der Waals surface area contributed by atoms with Crippen molar-refractivity contribution < 1.29 is 5.11 Å². The molecule has 2 rings (SSSR count). The monoisotopic (exact) mass is 219 g/mol. The molecular weight excluding hydrogens is 198 g/mol. The molecule has 88 valence electrons. The number of nitrogens with zero attached hydrogens (tertiary/aromatic N) is 1. The van der Waals surface area contributed by atoms with Crippen LogP contribution in [0.15, 0.2) is 24.5 Å². The molecule has 0 spiro atoms. The Morgan fingerprint density at radius 2 is 2.38 bits per heavy atom. The van der Waals surface area contributed by atoms with Gasteiger partial charge in [-0.1, -0.05) is 32.3 Å². The van der Waals surface area contributed by atoms with Crippen LogP contribution in [0.5, 0.6) is 0 Å². The van der Waals surface area contributed by atoms with E-state index in [1.165, 1.54) is 12.8 Å². The largest absolute Gasteiger partial charge is 0.389 e. The molecular formula is C14H21NO. The van der Waals surface area contributed by atoms with Crippen LogP contribution >= 0.6 is 0 Å². The highest BCUT2D eigenvalue weighted by molar-refractivity contribution is 5.13. The van der Waals surface area contributed by atoms with Crippen molar-refractivity contribution in [3.63, 3.8) is 0 Å². The van der Waals surface area contributed by atoms with Crippen molar-refractivity contribution in [3.8, 4) is 0 Å². The van der Waals surface area contributed by atoms with Crippen molar-refractivity contribution >= 4 is 0 Å². The molecule has 0 bridgehead atoms. The SMILES string of the molecule is CCC1CCCCC1(O)Cc1cccnc1. The summed E-state index contributed by atoms with van der Waals surface area (Å²) in [6, 6.07) is 4.01. The molecule has 0 saturated heterocycles. The second-order valence-corrected chi connectivity index (χ2v) is 4.99. The zero-order valence-corrected chi connectivity index (χ0v) is 10.0. The fourth-order valence-electron chi connectivity index (χ4n) is 2.97. The molecule has 1 fully saturated rings. The Labute approximate surface area is 97.7 Å². The Morgan fingerprint density at radius 1 is 1.50 bits per heavy atom. The molecule has 2 unspecified atom stereocenters. The molecule has 1 aromatic heterocycles. The van der Waals surface area contributed by atoms with E-state index in [4.69, 9.17) is 0 Å². The van der Waals surface area contributed by atoms with Gasteiger partial charge in [0.05, 0.1) is 5.60 Å². The van der Waals surface area contributed by atoms with E-state index in [1.54, 1.807) is 6.20 Å². The first kappa shape index (κ1) is 11.6. The maximum absolute atomic E-state index is 10.8. The van der Waals surface area contributed by atoms with Crippen LogP contribution in [-0.4, -0.2) is 15.7 Å². The van der Waals surface area contributed by atoms with Crippen molar-refractivity contribution in [1.82, 2.24) is 4.98 Å². The fourth-order valence-corrected chi connectivity index (χ4v) is 2.97. The summed E-state index contributed by atoms with van der Waals surface area (Å²) in [5, 5.41) is 10.8. The van der Waals surface area contributed by atoms with E-state index in [2.05, 4.69) is 18.0 Å². The molecule has 1 aliphatic rings. The third kappa shape index (κ3) is 2.43. The number of hydrogen-bond acceptors (Lipinski definition) is 2. The third-order valence-electron chi connectivity index (χ3n) is 3.90. The molecule has 0 aliphatic heterocycles. The van der Waals surface area contributed by atoms with Crippen molar-refractivity contribution in [3.05, 3.63) is 30.1 Å². The minimum atomic E-state index is -0.490. The number of aromatic nitrogens is 1. The van der Waals surface area contributed by atoms with Gasteiger partial charge < -0.3 is 5.11 Å². The van der Waals surface area contributed by atoms with Crippen LogP contribution in [0.3, 0.4) is 0 Å².